The third-order valence-electron chi connectivity index (χ3n) is 4.84. The fraction of sp³-hybridized carbons (Fsp3) is 0.421. The predicted molar refractivity (Wildman–Crippen MR) is 94.5 cm³/mol. The lowest BCUT2D eigenvalue weighted by atomic mass is 9.97. The largest absolute Gasteiger partial charge is 0.488 e. The molecule has 2 aliphatic rings. The van der Waals surface area contributed by atoms with Crippen LogP contribution in [0.25, 0.3) is 0 Å². The summed E-state index contributed by atoms with van der Waals surface area (Å²) in [7, 11) is 0. The van der Waals surface area contributed by atoms with Gasteiger partial charge in [-0.1, -0.05) is 18.2 Å². The van der Waals surface area contributed by atoms with Crippen LogP contribution in [0.3, 0.4) is 0 Å². The van der Waals surface area contributed by atoms with Gasteiger partial charge in [0.2, 0.25) is 11.9 Å². The topological polar surface area (TPSA) is 67.3 Å². The van der Waals surface area contributed by atoms with Gasteiger partial charge in [-0.2, -0.15) is 0 Å². The second-order valence-electron chi connectivity index (χ2n) is 6.63. The summed E-state index contributed by atoms with van der Waals surface area (Å²) in [6, 6.07) is 9.86. The van der Waals surface area contributed by atoms with Gasteiger partial charge in [-0.05, 0) is 30.5 Å². The first kappa shape index (κ1) is 15.9. The number of ether oxygens (including phenoxy) is 1. The van der Waals surface area contributed by atoms with E-state index in [1.165, 1.54) is 5.56 Å². The van der Waals surface area contributed by atoms with Gasteiger partial charge in [0.25, 0.3) is 0 Å². The second-order valence-corrected chi connectivity index (χ2v) is 6.63. The first-order chi connectivity index (χ1) is 12.3. The lowest BCUT2D eigenvalue weighted by Crippen LogP contribution is -2.45. The van der Waals surface area contributed by atoms with Crippen molar-refractivity contribution in [3.8, 4) is 5.75 Å². The molecular weight excluding hydrogens is 316 g/mol. The van der Waals surface area contributed by atoms with E-state index in [1.54, 1.807) is 18.5 Å². The van der Waals surface area contributed by atoms with Gasteiger partial charge in [-0.3, -0.25) is 4.79 Å². The molecule has 0 spiro atoms. The van der Waals surface area contributed by atoms with Crippen LogP contribution < -0.4 is 15.0 Å². The van der Waals surface area contributed by atoms with E-state index in [4.69, 9.17) is 4.74 Å². The number of rotatable bonds is 4. The molecule has 3 heterocycles. The molecule has 0 saturated carbocycles. The Labute approximate surface area is 147 Å². The maximum absolute atomic E-state index is 12.6. The van der Waals surface area contributed by atoms with Crippen LogP contribution >= 0.6 is 0 Å². The monoisotopic (exact) mass is 338 g/mol. The van der Waals surface area contributed by atoms with Crippen LogP contribution in [0.1, 0.15) is 18.4 Å². The number of carbonyl (C=O) groups excluding carboxylic acids is 1. The Morgan fingerprint density at radius 1 is 1.24 bits per heavy atom. The highest BCUT2D eigenvalue weighted by Gasteiger charge is 2.28. The summed E-state index contributed by atoms with van der Waals surface area (Å²) in [5.41, 5.74) is 1.21. The zero-order valence-corrected chi connectivity index (χ0v) is 14.1. The second kappa shape index (κ2) is 7.09. The molecule has 0 bridgehead atoms. The first-order valence-electron chi connectivity index (χ1n) is 8.84. The van der Waals surface area contributed by atoms with Gasteiger partial charge in [-0.15, -0.1) is 0 Å². The summed E-state index contributed by atoms with van der Waals surface area (Å²) in [5.74, 6) is 1.71. The average molecular weight is 338 g/mol. The standard InChI is InChI=1S/C19H22N4O2/c24-18(22-12-16-11-14-5-1-2-7-17(14)25-16)15-6-3-10-23(13-15)19-20-8-4-9-21-19/h1-2,4-5,7-9,15-16H,3,6,10-13H2,(H,22,24)/t15-,16-/m0/s1. The van der Waals surface area contributed by atoms with E-state index in [9.17, 15) is 4.79 Å². The minimum atomic E-state index is -0.0265. The molecule has 1 amide bonds. The Hall–Kier alpha value is -2.63. The molecular formula is C19H22N4O2. The summed E-state index contributed by atoms with van der Waals surface area (Å²) >= 11 is 0. The average Bonchev–Trinajstić information content (AvgIpc) is 3.10. The number of hydrogen-bond donors (Lipinski definition) is 1. The van der Waals surface area contributed by atoms with E-state index in [0.717, 1.165) is 31.6 Å². The normalized spacial score (nSPS) is 22.2. The number of amides is 1. The van der Waals surface area contributed by atoms with Crippen molar-refractivity contribution < 1.29 is 9.53 Å². The molecule has 1 aromatic heterocycles. The number of nitrogens with zero attached hydrogens (tertiary/aromatic N) is 3. The number of nitrogens with one attached hydrogen (secondary N) is 1. The summed E-state index contributed by atoms with van der Waals surface area (Å²) < 4.78 is 5.89. The zero-order chi connectivity index (χ0) is 17.1. The molecule has 25 heavy (non-hydrogen) atoms. The number of fused-ring (bicyclic) bond motifs is 1. The molecule has 1 N–H and O–H groups in total. The maximum atomic E-state index is 12.6. The van der Waals surface area contributed by atoms with Gasteiger partial charge in [-0.25, -0.2) is 9.97 Å². The quantitative estimate of drug-likeness (QED) is 0.921. The highest BCUT2D eigenvalue weighted by Crippen LogP contribution is 2.28. The molecule has 0 aliphatic carbocycles. The number of hydrogen-bond acceptors (Lipinski definition) is 5. The molecule has 0 unspecified atom stereocenters. The molecule has 6 nitrogen and oxygen atoms in total. The van der Waals surface area contributed by atoms with Gasteiger partial charge < -0.3 is 15.0 Å². The van der Waals surface area contributed by atoms with Crippen molar-refractivity contribution in [2.24, 2.45) is 5.92 Å². The summed E-state index contributed by atoms with van der Waals surface area (Å²) in [6.07, 6.45) is 6.23. The fourth-order valence-corrected chi connectivity index (χ4v) is 3.55. The van der Waals surface area contributed by atoms with E-state index in [2.05, 4.69) is 26.3 Å². The predicted octanol–water partition coefficient (Wildman–Crippen LogP) is 1.81. The van der Waals surface area contributed by atoms with Gasteiger partial charge in [0.1, 0.15) is 11.9 Å². The summed E-state index contributed by atoms with van der Waals surface area (Å²) in [4.78, 5) is 23.2. The number of piperidine rings is 1. The van der Waals surface area contributed by atoms with Crippen molar-refractivity contribution in [2.75, 3.05) is 24.5 Å². The van der Waals surface area contributed by atoms with Crippen molar-refractivity contribution in [1.82, 2.24) is 15.3 Å². The van der Waals surface area contributed by atoms with Gasteiger partial charge >= 0.3 is 0 Å². The Kier molecular flexibility index (Phi) is 4.50. The van der Waals surface area contributed by atoms with Crippen LogP contribution in [0.15, 0.2) is 42.7 Å². The van der Waals surface area contributed by atoms with Crippen molar-refractivity contribution in [1.29, 1.82) is 0 Å². The number of benzene rings is 1. The molecule has 1 saturated heterocycles. The Morgan fingerprint density at radius 2 is 2.08 bits per heavy atom. The lowest BCUT2D eigenvalue weighted by molar-refractivity contribution is -0.125. The highest BCUT2D eigenvalue weighted by molar-refractivity contribution is 5.79. The maximum Gasteiger partial charge on any atom is 0.225 e. The van der Waals surface area contributed by atoms with Crippen molar-refractivity contribution in [3.63, 3.8) is 0 Å². The molecule has 2 atom stereocenters. The molecule has 6 heteroatoms. The van der Waals surface area contributed by atoms with Crippen LogP contribution in [0, 0.1) is 5.92 Å². The molecule has 2 aliphatic heterocycles. The number of anilines is 1. The fourth-order valence-electron chi connectivity index (χ4n) is 3.55. The van der Waals surface area contributed by atoms with Gasteiger partial charge in [0.15, 0.2) is 0 Å². The van der Waals surface area contributed by atoms with Crippen molar-refractivity contribution in [2.45, 2.75) is 25.4 Å². The Morgan fingerprint density at radius 3 is 2.92 bits per heavy atom. The minimum Gasteiger partial charge on any atom is -0.488 e. The third-order valence-corrected chi connectivity index (χ3v) is 4.84. The number of para-hydroxylation sites is 1. The zero-order valence-electron chi connectivity index (χ0n) is 14.1. The number of carbonyl (C=O) groups is 1. The van der Waals surface area contributed by atoms with E-state index in [1.807, 2.05) is 18.2 Å². The van der Waals surface area contributed by atoms with Crippen molar-refractivity contribution >= 4 is 11.9 Å². The van der Waals surface area contributed by atoms with Crippen molar-refractivity contribution in [3.05, 3.63) is 48.3 Å². The third kappa shape index (κ3) is 3.57. The van der Waals surface area contributed by atoms with Crippen LogP contribution in [0.4, 0.5) is 5.95 Å². The van der Waals surface area contributed by atoms with E-state index in [0.29, 0.717) is 19.0 Å². The minimum absolute atomic E-state index is 0.0264. The highest BCUT2D eigenvalue weighted by atomic mass is 16.5. The van der Waals surface area contributed by atoms with Crippen LogP contribution in [0.5, 0.6) is 5.75 Å². The summed E-state index contributed by atoms with van der Waals surface area (Å²) in [6.45, 7) is 2.11. The Bertz CT molecular complexity index is 712. The molecule has 4 rings (SSSR count). The Balaban J connectivity index is 1.30. The molecule has 130 valence electrons. The number of aromatic nitrogens is 2. The smallest absolute Gasteiger partial charge is 0.225 e. The summed E-state index contributed by atoms with van der Waals surface area (Å²) in [5, 5.41) is 3.07. The lowest BCUT2D eigenvalue weighted by Gasteiger charge is -2.32. The van der Waals surface area contributed by atoms with E-state index >= 15 is 0 Å². The van der Waals surface area contributed by atoms with E-state index < -0.39 is 0 Å². The van der Waals surface area contributed by atoms with E-state index in [-0.39, 0.29) is 17.9 Å². The van der Waals surface area contributed by atoms with Gasteiger partial charge in [0.05, 0.1) is 12.5 Å². The van der Waals surface area contributed by atoms with Crippen LogP contribution in [-0.2, 0) is 11.2 Å². The SMILES string of the molecule is O=C(NC[C@@H]1Cc2ccccc2O1)[C@H]1CCCN(c2ncccn2)C1. The molecule has 1 aromatic carbocycles. The van der Waals surface area contributed by atoms with Gasteiger partial charge in [0, 0.05) is 31.9 Å². The van der Waals surface area contributed by atoms with Crippen LogP contribution in [0.2, 0.25) is 0 Å². The molecule has 2 aromatic rings. The first-order valence-corrected chi connectivity index (χ1v) is 8.84. The molecule has 0 radical (unpaired) electrons. The molecule has 1 fully saturated rings. The van der Waals surface area contributed by atoms with Crippen LogP contribution in [-0.4, -0.2) is 41.6 Å².